The first-order valence-corrected chi connectivity index (χ1v) is 5.84. The van der Waals surface area contributed by atoms with Gasteiger partial charge in [0.1, 0.15) is 0 Å². The van der Waals surface area contributed by atoms with E-state index < -0.39 is 5.97 Å². The van der Waals surface area contributed by atoms with E-state index in [1.54, 1.807) is 19.2 Å². The fraction of sp³-hybridized carbons (Fsp3) is 0.462. The van der Waals surface area contributed by atoms with Crippen molar-refractivity contribution >= 4 is 5.97 Å². The zero-order valence-corrected chi connectivity index (χ0v) is 10.5. The van der Waals surface area contributed by atoms with Crippen LogP contribution in [0.1, 0.15) is 15.9 Å². The molecule has 0 amide bonds. The largest absolute Gasteiger partial charge is 0.478 e. The molecule has 0 bridgehead atoms. The highest BCUT2D eigenvalue weighted by Crippen LogP contribution is 2.07. The predicted molar refractivity (Wildman–Crippen MR) is 67.8 cm³/mol. The molecule has 1 aromatic carbocycles. The maximum atomic E-state index is 11.0. The number of carboxylic acids is 1. The number of ether oxygens (including phenoxy) is 2. The minimum absolute atomic E-state index is 0.338. The summed E-state index contributed by atoms with van der Waals surface area (Å²) in [6.45, 7) is 2.94. The van der Waals surface area contributed by atoms with E-state index in [4.69, 9.17) is 14.6 Å². The van der Waals surface area contributed by atoms with Gasteiger partial charge in [-0.1, -0.05) is 18.2 Å². The molecule has 5 heteroatoms. The molecule has 100 valence electrons. The second-order valence-corrected chi connectivity index (χ2v) is 3.74. The lowest BCUT2D eigenvalue weighted by Gasteiger charge is -2.08. The van der Waals surface area contributed by atoms with E-state index in [0.29, 0.717) is 38.5 Å². The molecule has 0 unspecified atom stereocenters. The number of carboxylic acid groups (broad SMARTS) is 1. The third-order valence-electron chi connectivity index (χ3n) is 2.42. The summed E-state index contributed by atoms with van der Waals surface area (Å²) in [4.78, 5) is 11.0. The van der Waals surface area contributed by atoms with Gasteiger partial charge in [0.2, 0.25) is 0 Å². The van der Waals surface area contributed by atoms with Crippen molar-refractivity contribution in [2.75, 3.05) is 33.5 Å². The SMILES string of the molecule is COCCOCCNCc1ccccc1C(=O)O. The quantitative estimate of drug-likeness (QED) is 0.646. The van der Waals surface area contributed by atoms with Crippen molar-refractivity contribution in [2.45, 2.75) is 6.54 Å². The Bertz CT molecular complexity index is 368. The first kappa shape index (κ1) is 14.6. The molecule has 0 aliphatic heterocycles. The van der Waals surface area contributed by atoms with Crippen molar-refractivity contribution in [2.24, 2.45) is 0 Å². The number of methoxy groups -OCH3 is 1. The van der Waals surface area contributed by atoms with Gasteiger partial charge in [0, 0.05) is 20.2 Å². The molecule has 1 rings (SSSR count). The van der Waals surface area contributed by atoms with Crippen molar-refractivity contribution in [3.05, 3.63) is 35.4 Å². The van der Waals surface area contributed by atoms with E-state index >= 15 is 0 Å². The van der Waals surface area contributed by atoms with Crippen molar-refractivity contribution in [1.82, 2.24) is 5.32 Å². The van der Waals surface area contributed by atoms with Crippen LogP contribution < -0.4 is 5.32 Å². The van der Waals surface area contributed by atoms with Crippen LogP contribution in [0.25, 0.3) is 0 Å². The van der Waals surface area contributed by atoms with Crippen molar-refractivity contribution in [1.29, 1.82) is 0 Å². The lowest BCUT2D eigenvalue weighted by molar-refractivity contribution is 0.0694. The van der Waals surface area contributed by atoms with Crippen molar-refractivity contribution in [3.8, 4) is 0 Å². The van der Waals surface area contributed by atoms with Crippen LogP contribution in [0.3, 0.4) is 0 Å². The van der Waals surface area contributed by atoms with Gasteiger partial charge in [0.25, 0.3) is 0 Å². The Kier molecular flexibility index (Phi) is 7.01. The fourth-order valence-electron chi connectivity index (χ4n) is 1.49. The van der Waals surface area contributed by atoms with Gasteiger partial charge in [-0.25, -0.2) is 4.79 Å². The van der Waals surface area contributed by atoms with Crippen LogP contribution in [0.5, 0.6) is 0 Å². The number of nitrogens with one attached hydrogen (secondary N) is 1. The molecule has 18 heavy (non-hydrogen) atoms. The number of carbonyl (C=O) groups is 1. The number of rotatable bonds is 9. The predicted octanol–water partition coefficient (Wildman–Crippen LogP) is 1.14. The molecule has 0 spiro atoms. The van der Waals surface area contributed by atoms with Gasteiger partial charge in [0.05, 0.1) is 25.4 Å². The van der Waals surface area contributed by atoms with Gasteiger partial charge in [-0.05, 0) is 11.6 Å². The van der Waals surface area contributed by atoms with Gasteiger partial charge >= 0.3 is 5.97 Å². The Morgan fingerprint density at radius 3 is 2.78 bits per heavy atom. The van der Waals surface area contributed by atoms with Gasteiger partial charge < -0.3 is 19.9 Å². The standard InChI is InChI=1S/C13H19NO4/c1-17-8-9-18-7-6-14-10-11-4-2-3-5-12(11)13(15)16/h2-5,14H,6-10H2,1H3,(H,15,16). The average molecular weight is 253 g/mol. The second-order valence-electron chi connectivity index (χ2n) is 3.74. The molecule has 1 aromatic rings. The van der Waals surface area contributed by atoms with Crippen LogP contribution in [0.4, 0.5) is 0 Å². The Balaban J connectivity index is 2.25. The summed E-state index contributed by atoms with van der Waals surface area (Å²) in [6.07, 6.45) is 0. The lowest BCUT2D eigenvalue weighted by Crippen LogP contribution is -2.21. The summed E-state index contributed by atoms with van der Waals surface area (Å²) in [5.41, 5.74) is 1.12. The zero-order valence-electron chi connectivity index (χ0n) is 10.5. The first-order valence-electron chi connectivity index (χ1n) is 5.84. The van der Waals surface area contributed by atoms with Gasteiger partial charge in [-0.3, -0.25) is 0 Å². The number of hydrogen-bond acceptors (Lipinski definition) is 4. The Morgan fingerprint density at radius 1 is 1.28 bits per heavy atom. The average Bonchev–Trinajstić information content (AvgIpc) is 2.38. The van der Waals surface area contributed by atoms with Crippen molar-refractivity contribution < 1.29 is 19.4 Å². The van der Waals surface area contributed by atoms with Crippen LogP contribution >= 0.6 is 0 Å². The summed E-state index contributed by atoms with van der Waals surface area (Å²) >= 11 is 0. The molecule has 0 aromatic heterocycles. The van der Waals surface area contributed by atoms with Crippen LogP contribution in [-0.2, 0) is 16.0 Å². The molecule has 0 saturated heterocycles. The van der Waals surface area contributed by atoms with E-state index in [1.165, 1.54) is 0 Å². The Morgan fingerprint density at radius 2 is 2.06 bits per heavy atom. The lowest BCUT2D eigenvalue weighted by atomic mass is 10.1. The third-order valence-corrected chi connectivity index (χ3v) is 2.42. The topological polar surface area (TPSA) is 67.8 Å². The van der Waals surface area contributed by atoms with Crippen LogP contribution in [0.15, 0.2) is 24.3 Å². The van der Waals surface area contributed by atoms with Gasteiger partial charge in [-0.15, -0.1) is 0 Å². The number of hydrogen-bond donors (Lipinski definition) is 2. The molecule has 0 aliphatic carbocycles. The molecule has 5 nitrogen and oxygen atoms in total. The normalized spacial score (nSPS) is 10.5. The highest BCUT2D eigenvalue weighted by Gasteiger charge is 2.07. The highest BCUT2D eigenvalue weighted by atomic mass is 16.5. The second kappa shape index (κ2) is 8.63. The van der Waals surface area contributed by atoms with Gasteiger partial charge in [-0.2, -0.15) is 0 Å². The minimum atomic E-state index is -0.899. The molecule has 0 radical (unpaired) electrons. The molecule has 0 saturated carbocycles. The van der Waals surface area contributed by atoms with Gasteiger partial charge in [0.15, 0.2) is 0 Å². The minimum Gasteiger partial charge on any atom is -0.478 e. The first-order chi connectivity index (χ1) is 8.75. The third kappa shape index (κ3) is 5.27. The van der Waals surface area contributed by atoms with Crippen LogP contribution in [0, 0.1) is 0 Å². The number of aromatic carboxylic acids is 1. The summed E-state index contributed by atoms with van der Waals surface area (Å²) in [5.74, 6) is -0.899. The van der Waals surface area contributed by atoms with E-state index in [-0.39, 0.29) is 0 Å². The Labute approximate surface area is 107 Å². The monoisotopic (exact) mass is 253 g/mol. The maximum Gasteiger partial charge on any atom is 0.336 e. The summed E-state index contributed by atoms with van der Waals surface area (Å²) in [7, 11) is 1.63. The van der Waals surface area contributed by atoms with E-state index in [2.05, 4.69) is 5.32 Å². The van der Waals surface area contributed by atoms with Crippen LogP contribution in [-0.4, -0.2) is 44.6 Å². The molecule has 2 N–H and O–H groups in total. The summed E-state index contributed by atoms with van der Waals surface area (Å²) in [6, 6.07) is 6.97. The molecular formula is C13H19NO4. The summed E-state index contributed by atoms with van der Waals surface area (Å²) in [5, 5.41) is 12.1. The highest BCUT2D eigenvalue weighted by molar-refractivity contribution is 5.89. The molecule has 0 atom stereocenters. The molecule has 0 aliphatic rings. The molecule has 0 fully saturated rings. The van der Waals surface area contributed by atoms with Crippen molar-refractivity contribution in [3.63, 3.8) is 0 Å². The van der Waals surface area contributed by atoms with E-state index in [9.17, 15) is 4.79 Å². The van der Waals surface area contributed by atoms with E-state index in [0.717, 1.165) is 5.56 Å². The van der Waals surface area contributed by atoms with E-state index in [1.807, 2.05) is 12.1 Å². The zero-order chi connectivity index (χ0) is 13.2. The molecular weight excluding hydrogens is 234 g/mol. The maximum absolute atomic E-state index is 11.0. The fourth-order valence-corrected chi connectivity index (χ4v) is 1.49. The number of benzene rings is 1. The smallest absolute Gasteiger partial charge is 0.336 e. The summed E-state index contributed by atoms with van der Waals surface area (Å²) < 4.78 is 10.1. The molecule has 0 heterocycles. The van der Waals surface area contributed by atoms with Crippen LogP contribution in [0.2, 0.25) is 0 Å². The Hall–Kier alpha value is -1.43.